The Labute approximate surface area is 345 Å². The number of H-pyrrole nitrogens is 1. The van der Waals surface area contributed by atoms with E-state index in [-0.39, 0.29) is 34.0 Å². The standard InChI is InChI=1S/C33H52FN9O13P2Si2/c1-32(2,3)59(7,8)55-22-18-13-50-57(45,46)53-21-17(12-49-58(47,48)54-23(22)29(52-18)43-15-39-20-27(43)40-31(36)41-28(20)44)51-30(24(21)56-60(9,10)33(4,5)6)42-11-16(34)19-25(35)37-14-38-26(19)42/h11,14-15,17-18,21-24,29-30H,12-13H2,1-10H3,(H,45,46)(H,47,48)(H2,35,37,38)(H3,36,40,41,44)/t17?,18-,21-,22?,23-,24?,29-,30-/m1/s1. The van der Waals surface area contributed by atoms with Gasteiger partial charge in [-0.15, -0.1) is 0 Å². The van der Waals surface area contributed by atoms with Gasteiger partial charge in [0.25, 0.3) is 5.56 Å². The third-order valence-corrected chi connectivity index (χ3v) is 22.9. The molecule has 7 heterocycles. The molecule has 0 saturated carbocycles. The minimum Gasteiger partial charge on any atom is -0.408 e. The number of rotatable bonds is 6. The van der Waals surface area contributed by atoms with Gasteiger partial charge < -0.3 is 44.1 Å². The molecule has 5 unspecified atom stereocenters. The monoisotopic (exact) mass is 919 g/mol. The second-order valence-corrected chi connectivity index (χ2v) is 30.4. The summed E-state index contributed by atoms with van der Waals surface area (Å²) in [5.41, 5.74) is 11.1. The summed E-state index contributed by atoms with van der Waals surface area (Å²) < 4.78 is 96.1. The Morgan fingerprint density at radius 3 is 2.02 bits per heavy atom. The Hall–Kier alpha value is -3.01. The van der Waals surface area contributed by atoms with Gasteiger partial charge in [-0.1, -0.05) is 41.5 Å². The highest BCUT2D eigenvalue weighted by atomic mass is 31.2. The molecule has 0 radical (unpaired) electrons. The number of hydrogen-bond donors (Lipinski definition) is 5. The number of phosphoric acid groups is 2. The van der Waals surface area contributed by atoms with Gasteiger partial charge in [-0.2, -0.15) is 4.98 Å². The van der Waals surface area contributed by atoms with Crippen LogP contribution in [0, 0.1) is 5.82 Å². The van der Waals surface area contributed by atoms with Crippen LogP contribution < -0.4 is 17.0 Å². The van der Waals surface area contributed by atoms with Crippen molar-refractivity contribution in [2.45, 2.75) is 127 Å². The fourth-order valence-electron chi connectivity index (χ4n) is 6.76. The zero-order chi connectivity index (χ0) is 44.1. The van der Waals surface area contributed by atoms with E-state index in [4.69, 9.17) is 47.9 Å². The van der Waals surface area contributed by atoms with E-state index in [1.807, 2.05) is 67.7 Å². The maximum absolute atomic E-state index is 15.5. The van der Waals surface area contributed by atoms with E-state index in [9.17, 15) is 23.7 Å². The normalized spacial score (nSPS) is 32.5. The van der Waals surface area contributed by atoms with Gasteiger partial charge in [0.1, 0.15) is 48.8 Å². The molecule has 27 heteroatoms. The minimum atomic E-state index is -5.20. The van der Waals surface area contributed by atoms with E-state index in [0.29, 0.717) is 0 Å². The summed E-state index contributed by atoms with van der Waals surface area (Å²) in [6.45, 7) is 18.0. The molecule has 0 aromatic carbocycles. The summed E-state index contributed by atoms with van der Waals surface area (Å²) in [5.74, 6) is -1.18. The van der Waals surface area contributed by atoms with Crippen LogP contribution in [0.1, 0.15) is 54.0 Å². The first-order valence-electron chi connectivity index (χ1n) is 19.1. The summed E-state index contributed by atoms with van der Waals surface area (Å²) in [7, 11) is -16.0. The van der Waals surface area contributed by atoms with Crippen molar-refractivity contribution < 1.29 is 59.7 Å². The van der Waals surface area contributed by atoms with E-state index >= 15 is 4.39 Å². The molecule has 7 rings (SSSR count). The first kappa shape index (κ1) is 45.0. The quantitative estimate of drug-likeness (QED) is 0.132. The van der Waals surface area contributed by atoms with Crippen LogP contribution in [0.5, 0.6) is 0 Å². The number of ether oxygens (including phenoxy) is 2. The lowest BCUT2D eigenvalue weighted by atomic mass is 10.1. The maximum Gasteiger partial charge on any atom is 0.472 e. The van der Waals surface area contributed by atoms with Crippen molar-refractivity contribution in [1.29, 1.82) is 0 Å². The van der Waals surface area contributed by atoms with Crippen LogP contribution in [0.2, 0.25) is 36.3 Å². The Bertz CT molecular complexity index is 2440. The number of nitrogens with zero attached hydrogens (tertiary/aromatic N) is 6. The Kier molecular flexibility index (Phi) is 11.5. The van der Waals surface area contributed by atoms with Gasteiger partial charge in [-0.3, -0.25) is 32.4 Å². The Morgan fingerprint density at radius 2 is 1.40 bits per heavy atom. The fraction of sp³-hybridized carbons (Fsp3) is 0.667. The molecule has 3 aliphatic heterocycles. The number of nitrogens with one attached hydrogen (secondary N) is 1. The number of aromatic nitrogens is 7. The fourth-order valence-corrected chi connectivity index (χ4v) is 11.3. The average molecular weight is 920 g/mol. The number of imidazole rings is 1. The van der Waals surface area contributed by atoms with E-state index in [2.05, 4.69) is 24.9 Å². The molecule has 60 heavy (non-hydrogen) atoms. The lowest BCUT2D eigenvalue weighted by molar-refractivity contribution is -0.0671. The van der Waals surface area contributed by atoms with Gasteiger partial charge >= 0.3 is 15.6 Å². The number of nitrogens with two attached hydrogens (primary N) is 2. The molecule has 332 valence electrons. The van der Waals surface area contributed by atoms with E-state index in [0.717, 1.165) is 12.5 Å². The topological polar surface area (TPSA) is 295 Å². The van der Waals surface area contributed by atoms with Gasteiger partial charge in [0.15, 0.2) is 51.7 Å². The first-order chi connectivity index (χ1) is 27.6. The lowest BCUT2D eigenvalue weighted by Crippen LogP contribution is -2.50. The molecule has 22 nitrogen and oxygen atoms in total. The third-order valence-electron chi connectivity index (χ3n) is 11.9. The second-order valence-electron chi connectivity index (χ2n) is 18.1. The molecule has 10 atom stereocenters. The molecule has 3 aliphatic rings. The zero-order valence-corrected chi connectivity index (χ0v) is 38.5. The van der Waals surface area contributed by atoms with E-state index < -0.39 is 116 Å². The van der Waals surface area contributed by atoms with Gasteiger partial charge in [-0.05, 0) is 36.3 Å². The van der Waals surface area contributed by atoms with Crippen LogP contribution in [-0.2, 0) is 45.6 Å². The Morgan fingerprint density at radius 1 is 0.833 bits per heavy atom. The van der Waals surface area contributed by atoms with E-state index in [1.54, 1.807) is 0 Å². The van der Waals surface area contributed by atoms with Gasteiger partial charge in [0, 0.05) is 6.20 Å². The van der Waals surface area contributed by atoms with Crippen molar-refractivity contribution in [3.63, 3.8) is 0 Å². The van der Waals surface area contributed by atoms with Crippen LogP contribution in [0.15, 0.2) is 23.6 Å². The number of anilines is 2. The number of halogens is 1. The molecular formula is C33H52FN9O13P2Si2. The van der Waals surface area contributed by atoms with Gasteiger partial charge in [0.05, 0.1) is 24.9 Å². The Balaban J connectivity index is 1.32. The molecule has 0 aliphatic carbocycles. The smallest absolute Gasteiger partial charge is 0.408 e. The first-order valence-corrected chi connectivity index (χ1v) is 27.9. The number of nitrogen functional groups attached to an aromatic ring is 2. The number of hydrogen-bond acceptors (Lipinski definition) is 17. The lowest BCUT2D eigenvalue weighted by Gasteiger charge is -2.41. The maximum atomic E-state index is 15.5. The highest BCUT2D eigenvalue weighted by molar-refractivity contribution is 7.47. The highest BCUT2D eigenvalue weighted by Crippen LogP contribution is 2.56. The van der Waals surface area contributed by atoms with Gasteiger partial charge in [-0.25, -0.2) is 28.5 Å². The van der Waals surface area contributed by atoms with Crippen LogP contribution >= 0.6 is 15.6 Å². The van der Waals surface area contributed by atoms with Crippen molar-refractivity contribution in [3.05, 3.63) is 35.0 Å². The van der Waals surface area contributed by atoms with Crippen molar-refractivity contribution in [2.24, 2.45) is 0 Å². The average Bonchev–Trinajstić information content (AvgIpc) is 3.85. The molecule has 0 amide bonds. The van der Waals surface area contributed by atoms with Crippen LogP contribution in [0.4, 0.5) is 16.2 Å². The van der Waals surface area contributed by atoms with Crippen molar-refractivity contribution in [1.82, 2.24) is 34.1 Å². The summed E-state index contributed by atoms with van der Waals surface area (Å²) in [6.07, 6.45) is -7.65. The zero-order valence-electron chi connectivity index (χ0n) is 34.8. The van der Waals surface area contributed by atoms with Crippen molar-refractivity contribution in [2.75, 3.05) is 24.7 Å². The summed E-state index contributed by atoms with van der Waals surface area (Å²) in [6, 6.07) is 0. The van der Waals surface area contributed by atoms with E-state index in [1.165, 1.54) is 15.5 Å². The minimum absolute atomic E-state index is 0.0148. The van der Waals surface area contributed by atoms with Crippen molar-refractivity contribution in [3.8, 4) is 0 Å². The SMILES string of the molecule is CC(C)(C)[Si](C)(C)OC1[C@@H]2OP(=O)(O)OC[C@H]3O[C@@H](n4cnc5c(=O)[nH]c(N)nc54)[C@H](OP(=O)(O)OCC2O[C@H]1n1cc(F)c2c(N)ncnc21)C3O[Si](C)(C)C(C)(C)C. The molecule has 3 fully saturated rings. The molecule has 0 spiro atoms. The second kappa shape index (κ2) is 15.4. The predicted octanol–water partition coefficient (Wildman–Crippen LogP) is 4.46. The molecule has 7 N–H and O–H groups in total. The number of aromatic amines is 1. The van der Waals surface area contributed by atoms with Crippen LogP contribution in [0.25, 0.3) is 22.2 Å². The van der Waals surface area contributed by atoms with Crippen LogP contribution in [0.3, 0.4) is 0 Å². The predicted molar refractivity (Wildman–Crippen MR) is 218 cm³/mol. The summed E-state index contributed by atoms with van der Waals surface area (Å²) >= 11 is 0. The molecular weight excluding hydrogens is 868 g/mol. The molecule has 2 bridgehead atoms. The molecule has 4 aromatic rings. The number of fused-ring (bicyclic) bond motifs is 5. The summed E-state index contributed by atoms with van der Waals surface area (Å²) in [5, 5.41) is -0.953. The third kappa shape index (κ3) is 8.42. The van der Waals surface area contributed by atoms with Crippen LogP contribution in [-0.4, -0.2) is 110 Å². The number of phosphoric ester groups is 2. The largest absolute Gasteiger partial charge is 0.472 e. The summed E-state index contributed by atoms with van der Waals surface area (Å²) in [4.78, 5) is 54.6. The highest BCUT2D eigenvalue weighted by Gasteiger charge is 2.58. The van der Waals surface area contributed by atoms with Crippen molar-refractivity contribution >= 4 is 66.2 Å². The molecule has 3 saturated heterocycles. The molecule has 4 aromatic heterocycles. The van der Waals surface area contributed by atoms with Gasteiger partial charge in [0.2, 0.25) is 5.95 Å².